The monoisotopic (exact) mass is 586 g/mol. The lowest BCUT2D eigenvalue weighted by atomic mass is 10.1. The minimum absolute atomic E-state index is 0.0858. The molecule has 31 heavy (non-hydrogen) atoms. The average molecular weight is 589 g/mol. The summed E-state index contributed by atoms with van der Waals surface area (Å²) in [4.78, 5) is 12.7. The molecular formula is C24H22Br2Cl2O3. The van der Waals surface area contributed by atoms with E-state index in [1.807, 2.05) is 68.4 Å². The number of carbonyl (C=O) groups is 1. The normalized spacial score (nSPS) is 21.3. The number of hydrogen-bond donors (Lipinski definition) is 0. The molecule has 0 N–H and O–H groups in total. The third-order valence-electron chi connectivity index (χ3n) is 5.44. The number of ether oxygens (including phenoxy) is 2. The van der Waals surface area contributed by atoms with Crippen LogP contribution in [0.15, 0.2) is 54.6 Å². The van der Waals surface area contributed by atoms with E-state index in [1.54, 1.807) is 6.92 Å². The van der Waals surface area contributed by atoms with Crippen LogP contribution in [0.5, 0.6) is 11.5 Å². The summed E-state index contributed by atoms with van der Waals surface area (Å²) < 4.78 is 10.6. The van der Waals surface area contributed by atoms with Crippen molar-refractivity contribution in [3.63, 3.8) is 0 Å². The van der Waals surface area contributed by atoms with E-state index in [-0.39, 0.29) is 28.0 Å². The minimum atomic E-state index is -1.18. The van der Waals surface area contributed by atoms with E-state index in [9.17, 15) is 4.79 Å². The molecule has 7 heteroatoms. The topological polar surface area (TPSA) is 35.5 Å². The Balaban J connectivity index is 1.77. The van der Waals surface area contributed by atoms with Gasteiger partial charge in [-0.1, -0.05) is 89.2 Å². The molecule has 1 fully saturated rings. The van der Waals surface area contributed by atoms with Crippen LogP contribution in [-0.2, 0) is 9.53 Å². The molecule has 1 aliphatic carbocycles. The van der Waals surface area contributed by atoms with Gasteiger partial charge in [0.05, 0.1) is 10.7 Å². The van der Waals surface area contributed by atoms with Crippen LogP contribution in [0.25, 0.3) is 0 Å². The molecule has 2 aromatic rings. The minimum Gasteiger partial charge on any atom is -0.457 e. The van der Waals surface area contributed by atoms with Crippen LogP contribution in [0.3, 0.4) is 0 Å². The molecule has 0 aromatic heterocycles. The molecule has 1 saturated carbocycles. The maximum absolute atomic E-state index is 13.1. The summed E-state index contributed by atoms with van der Waals surface area (Å²) in [6.07, 6.45) is -0.705. The number of para-hydroxylation sites is 1. The van der Waals surface area contributed by atoms with Gasteiger partial charge in [-0.25, -0.2) is 0 Å². The van der Waals surface area contributed by atoms with Crippen LogP contribution in [-0.4, -0.2) is 14.0 Å². The highest BCUT2D eigenvalue weighted by Gasteiger charge is 2.67. The second-order valence-corrected chi connectivity index (χ2v) is 12.5. The van der Waals surface area contributed by atoms with Gasteiger partial charge >= 0.3 is 5.97 Å². The number of halogens is 4. The molecule has 4 atom stereocenters. The highest BCUT2D eigenvalue weighted by molar-refractivity contribution is 9.13. The number of alkyl halides is 4. The zero-order valence-electron chi connectivity index (χ0n) is 17.2. The van der Waals surface area contributed by atoms with Crippen molar-refractivity contribution >= 4 is 61.0 Å². The Morgan fingerprint density at radius 2 is 1.77 bits per heavy atom. The molecule has 4 unspecified atom stereocenters. The van der Waals surface area contributed by atoms with E-state index < -0.39 is 9.35 Å². The fourth-order valence-corrected chi connectivity index (χ4v) is 5.29. The van der Waals surface area contributed by atoms with Crippen molar-refractivity contribution in [1.82, 2.24) is 0 Å². The van der Waals surface area contributed by atoms with E-state index in [4.69, 9.17) is 32.7 Å². The molecule has 0 spiro atoms. The molecule has 0 amide bonds. The van der Waals surface area contributed by atoms with Crippen molar-refractivity contribution in [1.29, 1.82) is 0 Å². The molecule has 0 bridgehead atoms. The number of carbonyl (C=O) groups excluding carboxylic acids is 1. The Labute approximate surface area is 210 Å². The molecule has 0 aliphatic heterocycles. The average Bonchev–Trinajstić information content (AvgIpc) is 3.29. The first-order valence-corrected chi connectivity index (χ1v) is 12.2. The Morgan fingerprint density at radius 3 is 2.39 bits per heavy atom. The van der Waals surface area contributed by atoms with Crippen LogP contribution in [0.1, 0.15) is 32.4 Å². The van der Waals surface area contributed by atoms with Gasteiger partial charge < -0.3 is 9.47 Å². The Kier molecular flexibility index (Phi) is 7.69. The van der Waals surface area contributed by atoms with Crippen LogP contribution in [0, 0.1) is 29.1 Å². The number of hydrogen-bond acceptors (Lipinski definition) is 3. The van der Waals surface area contributed by atoms with Gasteiger partial charge in [-0.2, -0.15) is 0 Å². The summed E-state index contributed by atoms with van der Waals surface area (Å²) >= 11 is 19.2. The van der Waals surface area contributed by atoms with Gasteiger partial charge in [0.15, 0.2) is 9.35 Å². The molecule has 0 radical (unpaired) electrons. The van der Waals surface area contributed by atoms with E-state index >= 15 is 0 Å². The first-order valence-electron chi connectivity index (χ1n) is 9.72. The molecular weight excluding hydrogens is 567 g/mol. The summed E-state index contributed by atoms with van der Waals surface area (Å²) in [7, 11) is 0. The third-order valence-corrected chi connectivity index (χ3v) is 8.80. The summed E-state index contributed by atoms with van der Waals surface area (Å²) in [5.74, 6) is 6.44. The summed E-state index contributed by atoms with van der Waals surface area (Å²) in [6.45, 7) is 5.71. The Morgan fingerprint density at radius 1 is 1.13 bits per heavy atom. The first-order chi connectivity index (χ1) is 14.6. The molecule has 0 heterocycles. The van der Waals surface area contributed by atoms with Gasteiger partial charge in [0, 0.05) is 5.56 Å². The zero-order chi connectivity index (χ0) is 22.8. The summed E-state index contributed by atoms with van der Waals surface area (Å²) in [5.41, 5.74) is 0.433. The van der Waals surface area contributed by atoms with Gasteiger partial charge in [0.2, 0.25) is 0 Å². The van der Waals surface area contributed by atoms with Crippen LogP contribution < -0.4 is 4.74 Å². The predicted octanol–water partition coefficient (Wildman–Crippen LogP) is 7.65. The van der Waals surface area contributed by atoms with E-state index in [0.717, 1.165) is 11.3 Å². The molecule has 2 aromatic carbocycles. The standard InChI is InChI=1S/C24H22Br2Cl2O3/c1-4-9-18(15-10-8-13-17(14-15)30-16-11-6-5-7-12-16)31-22(29)20-19(23(20,2)3)21(25)24(26,27)28/h5-8,10-14,18-21H,1-3H3. The lowest BCUT2D eigenvalue weighted by Gasteiger charge is -2.20. The van der Waals surface area contributed by atoms with E-state index in [0.29, 0.717) is 5.75 Å². The lowest BCUT2D eigenvalue weighted by molar-refractivity contribution is -0.149. The van der Waals surface area contributed by atoms with Crippen LogP contribution >= 0.6 is 55.1 Å². The molecule has 1 aliphatic rings. The lowest BCUT2D eigenvalue weighted by Crippen LogP contribution is -2.24. The van der Waals surface area contributed by atoms with Gasteiger partial charge in [-0.15, -0.1) is 5.92 Å². The largest absolute Gasteiger partial charge is 0.457 e. The molecule has 3 nitrogen and oxygen atoms in total. The summed E-state index contributed by atoms with van der Waals surface area (Å²) in [5, 5.41) is 0. The van der Waals surface area contributed by atoms with Crippen molar-refractivity contribution in [3.8, 4) is 23.3 Å². The predicted molar refractivity (Wildman–Crippen MR) is 132 cm³/mol. The second-order valence-electron chi connectivity index (χ2n) is 7.97. The van der Waals surface area contributed by atoms with Crippen molar-refractivity contribution < 1.29 is 14.3 Å². The smallest absolute Gasteiger partial charge is 0.311 e. The third kappa shape index (κ3) is 5.79. The zero-order valence-corrected chi connectivity index (χ0v) is 21.9. The van der Waals surface area contributed by atoms with Gasteiger partial charge in [-0.05, 0) is 58.5 Å². The van der Waals surface area contributed by atoms with Crippen molar-refractivity contribution in [3.05, 3.63) is 60.2 Å². The number of benzene rings is 2. The number of esters is 1. The quantitative estimate of drug-likeness (QED) is 0.189. The Bertz CT molecular complexity index is 993. The van der Waals surface area contributed by atoms with Crippen LogP contribution in [0.2, 0.25) is 0 Å². The first kappa shape index (κ1) is 24.5. The van der Waals surface area contributed by atoms with E-state index in [1.165, 1.54) is 0 Å². The van der Waals surface area contributed by atoms with Gasteiger partial charge in [0.1, 0.15) is 11.5 Å². The highest BCUT2D eigenvalue weighted by atomic mass is 79.9. The SMILES string of the molecule is CC#CC(OC(=O)C1C(C(Br)C(Cl)(Cl)Br)C1(C)C)c1cccc(Oc2ccccc2)c1. The van der Waals surface area contributed by atoms with Gasteiger partial charge in [0.25, 0.3) is 0 Å². The second kappa shape index (κ2) is 9.75. The van der Waals surface area contributed by atoms with Crippen LogP contribution in [0.4, 0.5) is 0 Å². The molecule has 164 valence electrons. The van der Waals surface area contributed by atoms with Crippen molar-refractivity contribution in [2.75, 3.05) is 0 Å². The highest BCUT2D eigenvalue weighted by Crippen LogP contribution is 2.65. The Hall–Kier alpha value is -1.19. The van der Waals surface area contributed by atoms with Gasteiger partial charge in [-0.3, -0.25) is 4.79 Å². The number of rotatable bonds is 7. The van der Waals surface area contributed by atoms with E-state index in [2.05, 4.69) is 43.7 Å². The van der Waals surface area contributed by atoms with Crippen molar-refractivity contribution in [2.45, 2.75) is 34.9 Å². The van der Waals surface area contributed by atoms with Crippen molar-refractivity contribution in [2.24, 2.45) is 17.3 Å². The fourth-order valence-electron chi connectivity index (χ4n) is 3.74. The maximum Gasteiger partial charge on any atom is 0.311 e. The molecule has 0 saturated heterocycles. The fraction of sp³-hybridized carbons (Fsp3) is 0.375. The maximum atomic E-state index is 13.1. The summed E-state index contributed by atoms with van der Waals surface area (Å²) in [6, 6.07) is 16.9. The molecule has 3 rings (SSSR count).